The summed E-state index contributed by atoms with van der Waals surface area (Å²) in [6, 6.07) is 62.6. The van der Waals surface area contributed by atoms with Crippen molar-refractivity contribution in [3.05, 3.63) is 195 Å². The second-order valence-electron chi connectivity index (χ2n) is 14.6. The van der Waals surface area contributed by atoms with E-state index >= 15 is 0 Å². The third-order valence-corrected chi connectivity index (χ3v) is 10.8. The van der Waals surface area contributed by atoms with Crippen molar-refractivity contribution >= 4 is 64.6 Å². The summed E-state index contributed by atoms with van der Waals surface area (Å²) >= 11 is 0. The van der Waals surface area contributed by atoms with Crippen LogP contribution in [0, 0.1) is 13.8 Å². The number of hydrogen-bond acceptors (Lipinski definition) is 0. The molecule has 10 aromatic rings. The van der Waals surface area contributed by atoms with E-state index in [0.29, 0.717) is 0 Å². The van der Waals surface area contributed by atoms with E-state index in [1.807, 2.05) is 0 Å². The molecule has 0 aliphatic carbocycles. The third-order valence-electron chi connectivity index (χ3n) is 10.8. The molecule has 0 N–H and O–H groups in total. The SMILES string of the molecule is CCCc1cc2c(-c3c4ccccc4cc4ccccc34)cccc2[cH-]1.CCCc1cc2c(-c3c4ccccc4cc4ccccc34)cccc2[cH-]1.[CH2-]C[CH2-].[Cl-].[Cl-].[Ti+2]. The van der Waals surface area contributed by atoms with Crippen molar-refractivity contribution in [3.8, 4) is 22.3 Å². The molecule has 58 heavy (non-hydrogen) atoms. The molecule has 0 aliphatic rings. The van der Waals surface area contributed by atoms with E-state index in [9.17, 15) is 0 Å². The minimum absolute atomic E-state index is 0. The van der Waals surface area contributed by atoms with E-state index in [4.69, 9.17) is 0 Å². The van der Waals surface area contributed by atoms with Gasteiger partial charge in [0.05, 0.1) is 0 Å². The molecule has 0 saturated heterocycles. The third kappa shape index (κ3) is 8.83. The van der Waals surface area contributed by atoms with Gasteiger partial charge in [-0.2, -0.15) is 12.1 Å². The fraction of sp³-hybridized carbons (Fsp3) is 0.127. The molecule has 0 nitrogen and oxygen atoms in total. The average Bonchev–Trinajstić information content (AvgIpc) is 3.84. The first kappa shape index (κ1) is 44.4. The van der Waals surface area contributed by atoms with E-state index in [1.165, 1.54) is 111 Å². The fourth-order valence-corrected chi connectivity index (χ4v) is 8.50. The molecular formula is C55H48Cl2Ti-4. The molecule has 0 bridgehead atoms. The van der Waals surface area contributed by atoms with Gasteiger partial charge in [0.2, 0.25) is 0 Å². The Labute approximate surface area is 371 Å². The number of rotatable bonds is 6. The summed E-state index contributed by atoms with van der Waals surface area (Å²) in [4.78, 5) is 0. The van der Waals surface area contributed by atoms with Gasteiger partial charge in [0.25, 0.3) is 0 Å². The molecule has 0 amide bonds. The monoisotopic (exact) mass is 826 g/mol. The van der Waals surface area contributed by atoms with Crippen LogP contribution in [-0.4, -0.2) is 0 Å². The van der Waals surface area contributed by atoms with Gasteiger partial charge in [-0.1, -0.05) is 147 Å². The van der Waals surface area contributed by atoms with E-state index in [0.717, 1.165) is 19.3 Å². The summed E-state index contributed by atoms with van der Waals surface area (Å²) < 4.78 is 0. The van der Waals surface area contributed by atoms with Crippen LogP contribution in [-0.2, 0) is 34.6 Å². The molecule has 10 rings (SSSR count). The van der Waals surface area contributed by atoms with E-state index < -0.39 is 0 Å². The maximum atomic E-state index is 3.38. The molecule has 0 saturated carbocycles. The molecule has 0 spiro atoms. The Bertz CT molecular complexity index is 2600. The summed E-state index contributed by atoms with van der Waals surface area (Å²) in [5.74, 6) is 0. The molecule has 290 valence electrons. The van der Waals surface area contributed by atoms with Crippen molar-refractivity contribution in [2.24, 2.45) is 0 Å². The standard InChI is InChI=1S/2C26H21.C3H6.2ClH.Ti/c2*1-2-8-18-15-19-11-7-14-24(25(19)16-18)26-22-12-5-3-9-20(22)17-21-10-4-6-13-23(21)26;1-3-2;;;/h2*3-7,9-17H,2,8H2,1H3;1-3H2;2*1H;/q2*-1;-2;;;+2/p-2. The van der Waals surface area contributed by atoms with Gasteiger partial charge in [-0.05, 0) is 79.2 Å². The van der Waals surface area contributed by atoms with Gasteiger partial charge < -0.3 is 45.1 Å². The second-order valence-corrected chi connectivity index (χ2v) is 14.6. The van der Waals surface area contributed by atoms with Crippen LogP contribution in [0.1, 0.15) is 44.2 Å². The number of fused-ring (bicyclic) bond motifs is 6. The molecule has 0 fully saturated rings. The molecule has 0 atom stereocenters. The Morgan fingerprint density at radius 1 is 0.397 bits per heavy atom. The Balaban J connectivity index is 0.000000198. The molecule has 0 heterocycles. The minimum Gasteiger partial charge on any atom is -1.00 e. The van der Waals surface area contributed by atoms with Crippen molar-refractivity contribution in [1.82, 2.24) is 0 Å². The minimum atomic E-state index is 0. The van der Waals surface area contributed by atoms with Gasteiger partial charge in [-0.3, -0.25) is 0 Å². The van der Waals surface area contributed by atoms with Gasteiger partial charge >= 0.3 is 21.7 Å². The topological polar surface area (TPSA) is 0 Å². The van der Waals surface area contributed by atoms with E-state index in [1.54, 1.807) is 0 Å². The van der Waals surface area contributed by atoms with Crippen LogP contribution in [0.2, 0.25) is 0 Å². The largest absolute Gasteiger partial charge is 2.00 e. The van der Waals surface area contributed by atoms with Crippen LogP contribution in [0.5, 0.6) is 0 Å². The molecule has 0 aliphatic heterocycles. The van der Waals surface area contributed by atoms with Crippen molar-refractivity contribution in [2.45, 2.75) is 46.0 Å². The van der Waals surface area contributed by atoms with Gasteiger partial charge in [0.1, 0.15) is 0 Å². The van der Waals surface area contributed by atoms with Gasteiger partial charge in [0, 0.05) is 0 Å². The zero-order chi connectivity index (χ0) is 37.7. The molecule has 10 aromatic carbocycles. The maximum absolute atomic E-state index is 3.38. The predicted octanol–water partition coefficient (Wildman–Crippen LogP) is 10.0. The summed E-state index contributed by atoms with van der Waals surface area (Å²) in [5.41, 5.74) is 8.30. The zero-order valence-corrected chi connectivity index (χ0v) is 36.4. The van der Waals surface area contributed by atoms with Crippen LogP contribution in [0.15, 0.2) is 170 Å². The number of aryl methyl sites for hydroxylation is 2. The fourth-order valence-electron chi connectivity index (χ4n) is 8.50. The van der Waals surface area contributed by atoms with Gasteiger partial charge in [-0.25, -0.2) is 0 Å². The Morgan fingerprint density at radius 3 is 1.02 bits per heavy atom. The van der Waals surface area contributed by atoms with Crippen LogP contribution >= 0.6 is 0 Å². The van der Waals surface area contributed by atoms with Crippen molar-refractivity contribution in [1.29, 1.82) is 0 Å². The number of hydrogen-bond donors (Lipinski definition) is 0. The van der Waals surface area contributed by atoms with Gasteiger partial charge in [-0.15, -0.1) is 69.1 Å². The summed E-state index contributed by atoms with van der Waals surface area (Å²) in [7, 11) is 0. The molecule has 3 heteroatoms. The summed E-state index contributed by atoms with van der Waals surface area (Å²) in [5, 5.41) is 16.0. The van der Waals surface area contributed by atoms with Crippen LogP contribution in [0.25, 0.3) is 86.9 Å². The smallest absolute Gasteiger partial charge is 1.00 e. The first-order valence-electron chi connectivity index (χ1n) is 19.9. The first-order chi connectivity index (χ1) is 27.1. The van der Waals surface area contributed by atoms with Gasteiger partial charge in [0.15, 0.2) is 0 Å². The van der Waals surface area contributed by atoms with E-state index in [2.05, 4.69) is 198 Å². The normalized spacial score (nSPS) is 10.7. The Hall–Kier alpha value is -4.69. The Morgan fingerprint density at radius 2 is 0.707 bits per heavy atom. The molecule has 0 aromatic heterocycles. The van der Waals surface area contributed by atoms with Crippen molar-refractivity contribution in [3.63, 3.8) is 0 Å². The Kier molecular flexibility index (Phi) is 15.6. The predicted molar refractivity (Wildman–Crippen MR) is 243 cm³/mol. The maximum Gasteiger partial charge on any atom is 2.00 e. The number of benzene rings is 8. The summed E-state index contributed by atoms with van der Waals surface area (Å²) in [6.45, 7) is 11.2. The van der Waals surface area contributed by atoms with Crippen molar-refractivity contribution in [2.75, 3.05) is 0 Å². The zero-order valence-electron chi connectivity index (χ0n) is 33.4. The number of halogens is 2. The molecule has 0 radical (unpaired) electrons. The first-order valence-corrected chi connectivity index (χ1v) is 19.9. The summed E-state index contributed by atoms with van der Waals surface area (Å²) in [6.07, 6.45) is 5.40. The second kappa shape index (κ2) is 20.3. The van der Waals surface area contributed by atoms with Crippen molar-refractivity contribution < 1.29 is 46.5 Å². The van der Waals surface area contributed by atoms with E-state index in [-0.39, 0.29) is 46.5 Å². The quantitative estimate of drug-likeness (QED) is 0.0890. The molecule has 0 unspecified atom stereocenters. The molecular weight excluding hydrogens is 779 g/mol. The average molecular weight is 828 g/mol. The van der Waals surface area contributed by atoms with Crippen LogP contribution in [0.3, 0.4) is 0 Å². The van der Waals surface area contributed by atoms with Crippen LogP contribution < -0.4 is 24.8 Å². The van der Waals surface area contributed by atoms with Crippen LogP contribution in [0.4, 0.5) is 0 Å².